The number of halogens is 2. The lowest BCUT2D eigenvalue weighted by molar-refractivity contribution is 0.589. The second-order valence-corrected chi connectivity index (χ2v) is 4.28. The van der Waals surface area contributed by atoms with Crippen molar-refractivity contribution in [3.05, 3.63) is 59.2 Å². The maximum Gasteiger partial charge on any atom is 0.133 e. The zero-order valence-electron chi connectivity index (χ0n) is 10.4. The van der Waals surface area contributed by atoms with Crippen LogP contribution in [0.2, 0.25) is 0 Å². The number of aryl methyl sites for hydroxylation is 1. The molecule has 0 heterocycles. The highest BCUT2D eigenvalue weighted by Crippen LogP contribution is 2.29. The Balaban J connectivity index is 2.51. The molecule has 0 atom stereocenters. The van der Waals surface area contributed by atoms with E-state index in [0.717, 1.165) is 17.7 Å². The van der Waals surface area contributed by atoms with Gasteiger partial charge in [-0.05, 0) is 42.8 Å². The summed E-state index contributed by atoms with van der Waals surface area (Å²) in [4.78, 5) is 0. The van der Waals surface area contributed by atoms with Gasteiger partial charge in [-0.3, -0.25) is 0 Å². The average molecular weight is 247 g/mol. The Bertz CT molecular complexity index is 544. The fourth-order valence-corrected chi connectivity index (χ4v) is 2.08. The number of hydrogen-bond acceptors (Lipinski definition) is 1. The Kier molecular flexibility index (Phi) is 3.72. The van der Waals surface area contributed by atoms with Crippen LogP contribution in [-0.4, -0.2) is 7.05 Å². The number of benzene rings is 2. The Hall–Kier alpha value is -1.74. The molecule has 2 aromatic carbocycles. The largest absolute Gasteiger partial charge is 0.316 e. The van der Waals surface area contributed by atoms with E-state index in [-0.39, 0.29) is 5.56 Å². The highest BCUT2D eigenvalue weighted by atomic mass is 19.1. The minimum absolute atomic E-state index is 0.0472. The topological polar surface area (TPSA) is 12.0 Å². The summed E-state index contributed by atoms with van der Waals surface area (Å²) in [7, 11) is 1.86. The first kappa shape index (κ1) is 12.7. The zero-order valence-corrected chi connectivity index (χ0v) is 10.4. The lowest BCUT2D eigenvalue weighted by atomic mass is 9.97. The third-order valence-corrected chi connectivity index (χ3v) is 2.90. The van der Waals surface area contributed by atoms with Gasteiger partial charge in [0.25, 0.3) is 0 Å². The molecule has 18 heavy (non-hydrogen) atoms. The van der Waals surface area contributed by atoms with Crippen LogP contribution < -0.4 is 5.32 Å². The van der Waals surface area contributed by atoms with Crippen LogP contribution in [0, 0.1) is 18.6 Å². The van der Waals surface area contributed by atoms with Gasteiger partial charge in [-0.25, -0.2) is 8.78 Å². The number of nitrogens with one attached hydrogen (secondary N) is 1. The molecule has 1 N–H and O–H groups in total. The second-order valence-electron chi connectivity index (χ2n) is 4.28. The van der Waals surface area contributed by atoms with Gasteiger partial charge in [0.2, 0.25) is 0 Å². The maximum atomic E-state index is 13.7. The first-order chi connectivity index (χ1) is 8.63. The van der Waals surface area contributed by atoms with Crippen LogP contribution in [0.3, 0.4) is 0 Å². The third kappa shape index (κ3) is 2.41. The van der Waals surface area contributed by atoms with Gasteiger partial charge in [-0.15, -0.1) is 0 Å². The molecule has 0 aromatic heterocycles. The van der Waals surface area contributed by atoms with Crippen LogP contribution in [0.1, 0.15) is 11.1 Å². The summed E-state index contributed by atoms with van der Waals surface area (Å²) in [6.07, 6.45) is 0. The van der Waals surface area contributed by atoms with E-state index < -0.39 is 11.6 Å². The molecule has 2 aromatic rings. The summed E-state index contributed by atoms with van der Waals surface area (Å²) in [5.74, 6) is -1.06. The van der Waals surface area contributed by atoms with Gasteiger partial charge in [0, 0.05) is 6.54 Å². The summed E-state index contributed by atoms with van der Waals surface area (Å²) in [6.45, 7) is 2.60. The van der Waals surface area contributed by atoms with Crippen molar-refractivity contribution in [1.82, 2.24) is 5.32 Å². The third-order valence-electron chi connectivity index (χ3n) is 2.90. The van der Waals surface area contributed by atoms with Gasteiger partial charge in [0.05, 0.1) is 5.56 Å². The highest BCUT2D eigenvalue weighted by molar-refractivity contribution is 5.68. The fourth-order valence-electron chi connectivity index (χ4n) is 2.08. The maximum absolute atomic E-state index is 13.7. The lowest BCUT2D eigenvalue weighted by Gasteiger charge is -2.10. The molecular weight excluding hydrogens is 232 g/mol. The van der Waals surface area contributed by atoms with Crippen molar-refractivity contribution in [1.29, 1.82) is 0 Å². The molecule has 0 bridgehead atoms. The first-order valence-electron chi connectivity index (χ1n) is 5.82. The minimum atomic E-state index is -0.528. The molecule has 0 unspecified atom stereocenters. The van der Waals surface area contributed by atoms with Crippen molar-refractivity contribution in [2.75, 3.05) is 7.05 Å². The molecule has 0 radical (unpaired) electrons. The van der Waals surface area contributed by atoms with Gasteiger partial charge in [-0.2, -0.15) is 0 Å². The van der Waals surface area contributed by atoms with Crippen molar-refractivity contribution in [3.63, 3.8) is 0 Å². The van der Waals surface area contributed by atoms with Crippen LogP contribution in [0.25, 0.3) is 11.1 Å². The molecule has 0 aliphatic rings. The molecule has 0 saturated heterocycles. The van der Waals surface area contributed by atoms with E-state index in [2.05, 4.69) is 5.32 Å². The Morgan fingerprint density at radius 3 is 2.28 bits per heavy atom. The van der Waals surface area contributed by atoms with E-state index in [1.165, 1.54) is 18.2 Å². The van der Waals surface area contributed by atoms with E-state index >= 15 is 0 Å². The molecule has 0 aliphatic heterocycles. The smallest absolute Gasteiger partial charge is 0.133 e. The number of hydrogen-bond donors (Lipinski definition) is 1. The van der Waals surface area contributed by atoms with Crippen LogP contribution >= 0.6 is 0 Å². The normalized spacial score (nSPS) is 10.7. The molecule has 94 valence electrons. The molecule has 0 saturated carbocycles. The van der Waals surface area contributed by atoms with Crippen LogP contribution in [0.15, 0.2) is 36.4 Å². The quantitative estimate of drug-likeness (QED) is 0.872. The monoisotopic (exact) mass is 247 g/mol. The first-order valence-corrected chi connectivity index (χ1v) is 5.82. The summed E-state index contributed by atoms with van der Waals surface area (Å²) in [5, 5.41) is 3.05. The Morgan fingerprint density at radius 1 is 1.06 bits per heavy atom. The van der Waals surface area contributed by atoms with Crippen molar-refractivity contribution in [2.45, 2.75) is 13.5 Å². The van der Waals surface area contributed by atoms with Crippen molar-refractivity contribution >= 4 is 0 Å². The van der Waals surface area contributed by atoms with E-state index in [9.17, 15) is 8.78 Å². The molecule has 3 heteroatoms. The molecule has 2 rings (SSSR count). The van der Waals surface area contributed by atoms with Gasteiger partial charge in [0.1, 0.15) is 11.6 Å². The summed E-state index contributed by atoms with van der Waals surface area (Å²) >= 11 is 0. The minimum Gasteiger partial charge on any atom is -0.316 e. The van der Waals surface area contributed by atoms with Gasteiger partial charge in [-0.1, -0.05) is 24.3 Å². The Morgan fingerprint density at radius 2 is 1.72 bits per heavy atom. The molecule has 1 nitrogen and oxygen atoms in total. The molecule has 0 amide bonds. The summed E-state index contributed by atoms with van der Waals surface area (Å²) < 4.78 is 27.4. The summed E-state index contributed by atoms with van der Waals surface area (Å²) in [6, 6.07) is 9.52. The molecular formula is C15H15F2N. The van der Waals surface area contributed by atoms with Gasteiger partial charge in [0.15, 0.2) is 0 Å². The molecule has 0 aliphatic carbocycles. The van der Waals surface area contributed by atoms with Gasteiger partial charge >= 0.3 is 0 Å². The SMILES string of the molecule is CNCc1ccc(-c2c(F)cccc2F)c(C)c1. The standard InChI is InChI=1S/C15H15F2N/c1-10-8-11(9-18-2)6-7-12(10)15-13(16)4-3-5-14(15)17/h3-8,18H,9H2,1-2H3. The van der Waals surface area contributed by atoms with Gasteiger partial charge < -0.3 is 5.32 Å². The van der Waals surface area contributed by atoms with Crippen molar-refractivity contribution in [3.8, 4) is 11.1 Å². The molecule has 0 fully saturated rings. The zero-order chi connectivity index (χ0) is 13.1. The second kappa shape index (κ2) is 5.27. The fraction of sp³-hybridized carbons (Fsp3) is 0.200. The van der Waals surface area contributed by atoms with Crippen molar-refractivity contribution < 1.29 is 8.78 Å². The predicted molar refractivity (Wildman–Crippen MR) is 69.3 cm³/mol. The van der Waals surface area contributed by atoms with E-state index in [1.807, 2.05) is 26.1 Å². The van der Waals surface area contributed by atoms with E-state index in [0.29, 0.717) is 5.56 Å². The molecule has 0 spiro atoms. The van der Waals surface area contributed by atoms with Crippen LogP contribution in [0.4, 0.5) is 8.78 Å². The van der Waals surface area contributed by atoms with Crippen molar-refractivity contribution in [2.24, 2.45) is 0 Å². The van der Waals surface area contributed by atoms with E-state index in [1.54, 1.807) is 6.07 Å². The summed E-state index contributed by atoms with van der Waals surface area (Å²) in [5.41, 5.74) is 2.61. The van der Waals surface area contributed by atoms with E-state index in [4.69, 9.17) is 0 Å². The highest BCUT2D eigenvalue weighted by Gasteiger charge is 2.12. The average Bonchev–Trinajstić information content (AvgIpc) is 2.32. The lowest BCUT2D eigenvalue weighted by Crippen LogP contribution is -2.05. The van der Waals surface area contributed by atoms with Crippen LogP contribution in [-0.2, 0) is 6.54 Å². The Labute approximate surface area is 105 Å². The number of rotatable bonds is 3. The van der Waals surface area contributed by atoms with Crippen LogP contribution in [0.5, 0.6) is 0 Å². The predicted octanol–water partition coefficient (Wildman–Crippen LogP) is 3.66.